The highest BCUT2D eigenvalue weighted by Gasteiger charge is 2.27. The van der Waals surface area contributed by atoms with Gasteiger partial charge in [0.1, 0.15) is 0 Å². The standard InChI is InChI=1S/C11H19N5O3S/c1-3-14-5-4-13-10(11(14)17)15-6-8-16(9-7-15)20(18,19)12-2/h4-5,12H,3,6-9H2,1-2H3. The average Bonchev–Trinajstić information content (AvgIpc) is 2.47. The van der Waals surface area contributed by atoms with Gasteiger partial charge in [-0.2, -0.15) is 12.7 Å². The molecule has 112 valence electrons. The van der Waals surface area contributed by atoms with E-state index < -0.39 is 10.2 Å². The fourth-order valence-electron chi connectivity index (χ4n) is 2.17. The molecule has 0 bridgehead atoms. The molecule has 0 atom stereocenters. The number of nitrogens with zero attached hydrogens (tertiary/aromatic N) is 4. The molecule has 2 heterocycles. The van der Waals surface area contributed by atoms with Crippen LogP contribution in [0.5, 0.6) is 0 Å². The minimum Gasteiger partial charge on any atom is -0.349 e. The van der Waals surface area contributed by atoms with Gasteiger partial charge >= 0.3 is 0 Å². The number of hydrogen-bond acceptors (Lipinski definition) is 5. The van der Waals surface area contributed by atoms with Gasteiger partial charge in [0.05, 0.1) is 0 Å². The van der Waals surface area contributed by atoms with Crippen molar-refractivity contribution in [3.8, 4) is 0 Å². The molecule has 1 aliphatic heterocycles. The number of hydrogen-bond donors (Lipinski definition) is 1. The van der Waals surface area contributed by atoms with E-state index in [-0.39, 0.29) is 5.56 Å². The molecule has 1 aliphatic rings. The summed E-state index contributed by atoms with van der Waals surface area (Å²) in [5.41, 5.74) is -0.139. The van der Waals surface area contributed by atoms with Crippen molar-refractivity contribution in [2.75, 3.05) is 38.1 Å². The molecule has 1 aromatic rings. The van der Waals surface area contributed by atoms with Gasteiger partial charge in [-0.25, -0.2) is 9.71 Å². The molecule has 0 aliphatic carbocycles. The van der Waals surface area contributed by atoms with Crippen LogP contribution >= 0.6 is 0 Å². The zero-order valence-electron chi connectivity index (χ0n) is 11.6. The van der Waals surface area contributed by atoms with Crippen molar-refractivity contribution in [2.45, 2.75) is 13.5 Å². The lowest BCUT2D eigenvalue weighted by Crippen LogP contribution is -2.52. The van der Waals surface area contributed by atoms with Crippen molar-refractivity contribution in [3.63, 3.8) is 0 Å². The predicted molar refractivity (Wildman–Crippen MR) is 75.9 cm³/mol. The van der Waals surface area contributed by atoms with E-state index in [4.69, 9.17) is 0 Å². The van der Waals surface area contributed by atoms with Crippen LogP contribution in [0.4, 0.5) is 5.82 Å². The zero-order valence-corrected chi connectivity index (χ0v) is 12.4. The minimum absolute atomic E-state index is 0.139. The van der Waals surface area contributed by atoms with Crippen LogP contribution in [0.2, 0.25) is 0 Å². The van der Waals surface area contributed by atoms with Gasteiger partial charge in [0.25, 0.3) is 15.8 Å². The van der Waals surface area contributed by atoms with E-state index in [0.717, 1.165) is 0 Å². The molecule has 1 aromatic heterocycles. The Morgan fingerprint density at radius 2 is 1.95 bits per heavy atom. The maximum absolute atomic E-state index is 12.1. The van der Waals surface area contributed by atoms with Crippen molar-refractivity contribution >= 4 is 16.0 Å². The number of aryl methyl sites for hydroxylation is 1. The second kappa shape index (κ2) is 5.90. The number of aromatic nitrogens is 2. The van der Waals surface area contributed by atoms with Gasteiger partial charge in [0.15, 0.2) is 5.82 Å². The number of piperazine rings is 1. The Labute approximate surface area is 118 Å². The number of nitrogens with one attached hydrogen (secondary N) is 1. The van der Waals surface area contributed by atoms with Gasteiger partial charge in [-0.3, -0.25) is 4.79 Å². The summed E-state index contributed by atoms with van der Waals surface area (Å²) >= 11 is 0. The third-order valence-corrected chi connectivity index (χ3v) is 4.93. The van der Waals surface area contributed by atoms with E-state index in [9.17, 15) is 13.2 Å². The maximum atomic E-state index is 12.1. The van der Waals surface area contributed by atoms with Crippen LogP contribution in [0, 0.1) is 0 Å². The SMILES string of the molecule is CCn1ccnc(N2CCN(S(=O)(=O)NC)CC2)c1=O. The highest BCUT2D eigenvalue weighted by atomic mass is 32.2. The quantitative estimate of drug-likeness (QED) is 0.759. The Morgan fingerprint density at radius 1 is 1.30 bits per heavy atom. The highest BCUT2D eigenvalue weighted by molar-refractivity contribution is 7.87. The first-order valence-corrected chi connectivity index (χ1v) is 7.92. The van der Waals surface area contributed by atoms with Crippen LogP contribution < -0.4 is 15.2 Å². The molecule has 20 heavy (non-hydrogen) atoms. The molecule has 0 amide bonds. The van der Waals surface area contributed by atoms with Crippen molar-refractivity contribution in [2.24, 2.45) is 0 Å². The molecule has 2 rings (SSSR count). The molecule has 9 heteroatoms. The second-order valence-electron chi connectivity index (χ2n) is 4.44. The van der Waals surface area contributed by atoms with Gasteiger partial charge in [-0.05, 0) is 6.92 Å². The minimum atomic E-state index is -3.40. The van der Waals surface area contributed by atoms with E-state index in [0.29, 0.717) is 38.5 Å². The van der Waals surface area contributed by atoms with Crippen LogP contribution in [0.3, 0.4) is 0 Å². The predicted octanol–water partition coefficient (Wildman–Crippen LogP) is -1.15. The van der Waals surface area contributed by atoms with Crippen molar-refractivity contribution < 1.29 is 8.42 Å². The summed E-state index contributed by atoms with van der Waals surface area (Å²) in [6.45, 7) is 4.06. The molecule has 1 saturated heterocycles. The van der Waals surface area contributed by atoms with Gasteiger partial charge in [0, 0.05) is 52.2 Å². The van der Waals surface area contributed by atoms with E-state index in [1.807, 2.05) is 11.8 Å². The molecular weight excluding hydrogens is 282 g/mol. The third-order valence-electron chi connectivity index (χ3n) is 3.37. The summed E-state index contributed by atoms with van der Waals surface area (Å²) in [6, 6.07) is 0. The maximum Gasteiger partial charge on any atom is 0.293 e. The van der Waals surface area contributed by atoms with Crippen LogP contribution in [-0.2, 0) is 16.8 Å². The number of rotatable bonds is 4. The van der Waals surface area contributed by atoms with E-state index in [2.05, 4.69) is 9.71 Å². The molecule has 0 spiro atoms. The van der Waals surface area contributed by atoms with Crippen LogP contribution in [0.15, 0.2) is 17.2 Å². The zero-order chi connectivity index (χ0) is 14.8. The Kier molecular flexibility index (Phi) is 4.41. The molecule has 1 fully saturated rings. The normalized spacial score (nSPS) is 17.4. The highest BCUT2D eigenvalue weighted by Crippen LogP contribution is 2.10. The van der Waals surface area contributed by atoms with Crippen molar-refractivity contribution in [3.05, 3.63) is 22.7 Å². The summed E-state index contributed by atoms with van der Waals surface area (Å²) in [6.07, 6.45) is 3.24. The molecule has 8 nitrogen and oxygen atoms in total. The Balaban J connectivity index is 2.14. The smallest absolute Gasteiger partial charge is 0.293 e. The summed E-state index contributed by atoms with van der Waals surface area (Å²) in [5.74, 6) is 0.385. The molecule has 0 radical (unpaired) electrons. The fourth-order valence-corrected chi connectivity index (χ4v) is 3.07. The summed E-state index contributed by atoms with van der Waals surface area (Å²) in [7, 11) is -2.01. The number of anilines is 1. The van der Waals surface area contributed by atoms with Gasteiger partial charge in [0.2, 0.25) is 0 Å². The first kappa shape index (κ1) is 14.9. The Hall–Kier alpha value is -1.45. The summed E-state index contributed by atoms with van der Waals surface area (Å²) in [4.78, 5) is 18.1. The molecule has 0 unspecified atom stereocenters. The van der Waals surface area contributed by atoms with Gasteiger partial charge < -0.3 is 9.47 Å². The molecule has 0 aromatic carbocycles. The topological polar surface area (TPSA) is 87.5 Å². The monoisotopic (exact) mass is 301 g/mol. The lowest BCUT2D eigenvalue weighted by molar-refractivity contribution is 0.379. The van der Waals surface area contributed by atoms with E-state index >= 15 is 0 Å². The molecule has 0 saturated carbocycles. The lowest BCUT2D eigenvalue weighted by atomic mass is 10.3. The van der Waals surface area contributed by atoms with Crippen molar-refractivity contribution in [1.82, 2.24) is 18.6 Å². The van der Waals surface area contributed by atoms with Crippen LogP contribution in [-0.4, -0.2) is 55.5 Å². The largest absolute Gasteiger partial charge is 0.349 e. The van der Waals surface area contributed by atoms with Gasteiger partial charge in [-0.15, -0.1) is 0 Å². The third kappa shape index (κ3) is 2.84. The second-order valence-corrected chi connectivity index (χ2v) is 6.31. The average molecular weight is 301 g/mol. The fraction of sp³-hybridized carbons (Fsp3) is 0.636. The van der Waals surface area contributed by atoms with Crippen LogP contribution in [0.1, 0.15) is 6.92 Å². The first-order chi connectivity index (χ1) is 9.49. The summed E-state index contributed by atoms with van der Waals surface area (Å²) in [5, 5.41) is 0. The van der Waals surface area contributed by atoms with Gasteiger partial charge in [-0.1, -0.05) is 0 Å². The first-order valence-electron chi connectivity index (χ1n) is 6.48. The van der Waals surface area contributed by atoms with E-state index in [1.54, 1.807) is 17.0 Å². The molecular formula is C11H19N5O3S. The molecule has 1 N–H and O–H groups in total. The van der Waals surface area contributed by atoms with E-state index in [1.165, 1.54) is 11.4 Å². The Morgan fingerprint density at radius 3 is 2.50 bits per heavy atom. The lowest BCUT2D eigenvalue weighted by Gasteiger charge is -2.33. The Bertz CT molecular complexity index is 619. The van der Waals surface area contributed by atoms with Crippen molar-refractivity contribution in [1.29, 1.82) is 0 Å². The van der Waals surface area contributed by atoms with Crippen LogP contribution in [0.25, 0.3) is 0 Å². The summed E-state index contributed by atoms with van der Waals surface area (Å²) < 4.78 is 28.6.